The summed E-state index contributed by atoms with van der Waals surface area (Å²) in [5.74, 6) is 2.72. The Balaban J connectivity index is 1.87. The monoisotopic (exact) mass is 407 g/mol. The summed E-state index contributed by atoms with van der Waals surface area (Å²) in [6, 6.07) is 26.6. The van der Waals surface area contributed by atoms with Crippen LogP contribution in [0.25, 0.3) is 21.9 Å². The number of terminal acetylenes is 1. The minimum absolute atomic E-state index is 0.0327. The second-order valence-electron chi connectivity index (χ2n) is 8.64. The van der Waals surface area contributed by atoms with Crippen LogP contribution in [0.4, 0.5) is 0 Å². The lowest BCUT2D eigenvalue weighted by Crippen LogP contribution is -2.41. The summed E-state index contributed by atoms with van der Waals surface area (Å²) in [4.78, 5) is 13.2. The maximum absolute atomic E-state index is 13.2. The number of pyridine rings is 1. The van der Waals surface area contributed by atoms with Crippen molar-refractivity contribution in [3.8, 4) is 23.5 Å². The smallest absolute Gasteiger partial charge is 0.259 e. The van der Waals surface area contributed by atoms with Crippen LogP contribution in [-0.4, -0.2) is 12.6 Å². The van der Waals surface area contributed by atoms with Gasteiger partial charge in [0.15, 0.2) is 0 Å². The average Bonchev–Trinajstić information content (AvgIpc) is 2.75. The molecular weight excluding hydrogens is 382 g/mol. The molecule has 1 aromatic heterocycles. The van der Waals surface area contributed by atoms with E-state index in [-0.39, 0.29) is 5.56 Å². The molecule has 0 spiro atoms. The van der Waals surface area contributed by atoms with Gasteiger partial charge in [0, 0.05) is 5.39 Å². The molecule has 0 aliphatic carbocycles. The van der Waals surface area contributed by atoms with Crippen LogP contribution in [0, 0.1) is 12.3 Å². The Morgan fingerprint density at radius 2 is 1.57 bits per heavy atom. The van der Waals surface area contributed by atoms with Crippen molar-refractivity contribution in [2.45, 2.75) is 26.2 Å². The fourth-order valence-electron chi connectivity index (χ4n) is 3.97. The number of nitrogens with zero attached hydrogens (tertiary/aromatic N) is 1. The molecule has 4 rings (SSSR count). The van der Waals surface area contributed by atoms with Gasteiger partial charge >= 0.3 is 0 Å². The first-order valence-electron chi connectivity index (χ1n) is 10.2. The first-order valence-corrected chi connectivity index (χ1v) is 13.7. The summed E-state index contributed by atoms with van der Waals surface area (Å²) in [5.41, 5.74) is 4.17. The third-order valence-corrected chi connectivity index (χ3v) is 7.60. The zero-order chi connectivity index (χ0) is 21.3. The van der Waals surface area contributed by atoms with Crippen molar-refractivity contribution < 1.29 is 0 Å². The van der Waals surface area contributed by atoms with Gasteiger partial charge in [0.25, 0.3) is 5.56 Å². The van der Waals surface area contributed by atoms with Crippen molar-refractivity contribution in [1.82, 2.24) is 4.57 Å². The molecule has 1 heterocycles. The maximum Gasteiger partial charge on any atom is 0.259 e. The van der Waals surface area contributed by atoms with E-state index in [1.807, 2.05) is 36.4 Å². The Bertz CT molecular complexity index is 1320. The number of hydrogen-bond acceptors (Lipinski definition) is 1. The molecular formula is C27H25NOSi. The fourth-order valence-corrected chi connectivity index (χ4v) is 5.68. The Kier molecular flexibility index (Phi) is 5.20. The number of rotatable bonds is 4. The van der Waals surface area contributed by atoms with Gasteiger partial charge in [0.2, 0.25) is 0 Å². The Labute approximate surface area is 178 Å². The van der Waals surface area contributed by atoms with Crippen molar-refractivity contribution in [1.29, 1.82) is 0 Å². The van der Waals surface area contributed by atoms with Gasteiger partial charge in [-0.2, -0.15) is 0 Å². The molecule has 4 aromatic rings. The van der Waals surface area contributed by atoms with Crippen molar-refractivity contribution in [3.05, 3.63) is 100 Å². The zero-order valence-electron chi connectivity index (χ0n) is 17.6. The molecule has 0 radical (unpaired) electrons. The van der Waals surface area contributed by atoms with E-state index in [1.165, 1.54) is 21.9 Å². The summed E-state index contributed by atoms with van der Waals surface area (Å²) < 4.78 is 1.74. The SMILES string of the molecule is C#Cc1cc2ccccc2c(=O)n1Cc1ccc(-c2ccccc2)cc1[Si](C)(C)C. The van der Waals surface area contributed by atoms with Gasteiger partial charge in [-0.15, -0.1) is 6.42 Å². The second-order valence-corrected chi connectivity index (χ2v) is 13.7. The van der Waals surface area contributed by atoms with Crippen LogP contribution in [0.15, 0.2) is 83.7 Å². The minimum atomic E-state index is -1.66. The van der Waals surface area contributed by atoms with Crippen molar-refractivity contribution in [2.24, 2.45) is 0 Å². The number of aromatic nitrogens is 1. The molecule has 0 aliphatic heterocycles. The van der Waals surface area contributed by atoms with Gasteiger partial charge in [-0.1, -0.05) is 97.5 Å². The van der Waals surface area contributed by atoms with Gasteiger partial charge in [-0.3, -0.25) is 9.36 Å². The van der Waals surface area contributed by atoms with Crippen LogP contribution in [0.1, 0.15) is 11.3 Å². The molecule has 148 valence electrons. The lowest BCUT2D eigenvalue weighted by atomic mass is 10.0. The van der Waals surface area contributed by atoms with E-state index in [0.717, 1.165) is 5.39 Å². The van der Waals surface area contributed by atoms with Gasteiger partial charge in [-0.25, -0.2) is 0 Å². The summed E-state index contributed by atoms with van der Waals surface area (Å²) >= 11 is 0. The Morgan fingerprint density at radius 3 is 2.27 bits per heavy atom. The van der Waals surface area contributed by atoms with E-state index in [1.54, 1.807) is 4.57 Å². The molecule has 0 saturated heterocycles. The lowest BCUT2D eigenvalue weighted by molar-refractivity contribution is 0.760. The van der Waals surface area contributed by atoms with E-state index < -0.39 is 8.07 Å². The van der Waals surface area contributed by atoms with Crippen LogP contribution in [0.5, 0.6) is 0 Å². The van der Waals surface area contributed by atoms with Crippen LogP contribution in [0.3, 0.4) is 0 Å². The summed E-state index contributed by atoms with van der Waals surface area (Å²) in [7, 11) is -1.66. The summed E-state index contributed by atoms with van der Waals surface area (Å²) in [6.45, 7) is 7.50. The molecule has 0 bridgehead atoms. The van der Waals surface area contributed by atoms with Crippen molar-refractivity contribution >= 4 is 24.0 Å². The normalized spacial score (nSPS) is 11.4. The molecule has 3 aromatic carbocycles. The van der Waals surface area contributed by atoms with Crippen LogP contribution >= 0.6 is 0 Å². The first-order chi connectivity index (χ1) is 14.4. The quantitative estimate of drug-likeness (QED) is 0.335. The highest BCUT2D eigenvalue weighted by atomic mass is 28.3. The number of hydrogen-bond donors (Lipinski definition) is 0. The molecule has 30 heavy (non-hydrogen) atoms. The topological polar surface area (TPSA) is 22.0 Å². The fraction of sp³-hybridized carbons (Fsp3) is 0.148. The molecule has 0 fully saturated rings. The molecule has 3 heteroatoms. The van der Waals surface area contributed by atoms with Gasteiger partial charge in [-0.05, 0) is 34.2 Å². The minimum Gasteiger partial charge on any atom is -0.296 e. The maximum atomic E-state index is 13.2. The Morgan fingerprint density at radius 1 is 0.867 bits per heavy atom. The zero-order valence-corrected chi connectivity index (χ0v) is 18.6. The van der Waals surface area contributed by atoms with E-state index >= 15 is 0 Å². The van der Waals surface area contributed by atoms with Gasteiger partial charge in [0.05, 0.1) is 20.3 Å². The average molecular weight is 408 g/mol. The highest BCUT2D eigenvalue weighted by Crippen LogP contribution is 2.21. The highest BCUT2D eigenvalue weighted by Gasteiger charge is 2.22. The van der Waals surface area contributed by atoms with Crippen molar-refractivity contribution in [3.63, 3.8) is 0 Å². The Hall–Kier alpha value is -3.35. The van der Waals surface area contributed by atoms with Gasteiger partial charge < -0.3 is 0 Å². The van der Waals surface area contributed by atoms with Gasteiger partial charge in [0.1, 0.15) is 0 Å². The highest BCUT2D eigenvalue weighted by molar-refractivity contribution is 6.89. The first kappa shape index (κ1) is 19.9. The third-order valence-electron chi connectivity index (χ3n) is 5.52. The predicted molar refractivity (Wildman–Crippen MR) is 130 cm³/mol. The molecule has 0 unspecified atom stereocenters. The molecule has 0 saturated carbocycles. The number of benzene rings is 3. The summed E-state index contributed by atoms with van der Waals surface area (Å²) in [5, 5.41) is 2.94. The van der Waals surface area contributed by atoms with Crippen LogP contribution < -0.4 is 10.7 Å². The largest absolute Gasteiger partial charge is 0.296 e. The van der Waals surface area contributed by atoms with Crippen molar-refractivity contribution in [2.75, 3.05) is 0 Å². The van der Waals surface area contributed by atoms with E-state index in [0.29, 0.717) is 17.6 Å². The summed E-state index contributed by atoms with van der Waals surface area (Å²) in [6.07, 6.45) is 5.79. The lowest BCUT2D eigenvalue weighted by Gasteiger charge is -2.23. The third kappa shape index (κ3) is 3.75. The van der Waals surface area contributed by atoms with E-state index in [2.05, 4.69) is 68.0 Å². The molecule has 2 nitrogen and oxygen atoms in total. The molecule has 0 atom stereocenters. The van der Waals surface area contributed by atoms with E-state index in [4.69, 9.17) is 6.42 Å². The van der Waals surface area contributed by atoms with Crippen LogP contribution in [0.2, 0.25) is 19.6 Å². The molecule has 0 N–H and O–H groups in total. The molecule has 0 aliphatic rings. The van der Waals surface area contributed by atoms with Crippen LogP contribution in [-0.2, 0) is 6.54 Å². The number of fused-ring (bicyclic) bond motifs is 1. The van der Waals surface area contributed by atoms with E-state index in [9.17, 15) is 4.79 Å². The predicted octanol–water partition coefficient (Wildman–Crippen LogP) is 5.24. The molecule has 0 amide bonds. The second kappa shape index (κ2) is 7.82. The standard InChI is InChI=1S/C27H25NOSi/c1-5-24-17-22-13-9-10-14-25(22)27(29)28(24)19-23-16-15-21(18-26(23)30(2,3)4)20-11-7-6-8-12-20/h1,6-18H,19H2,2-4H3.